The molecular weight excluding hydrogens is 449 g/mol. The third-order valence-corrected chi connectivity index (χ3v) is 4.86. The number of aromatic nitrogens is 2. The lowest BCUT2D eigenvalue weighted by atomic mass is 10.0. The Bertz CT molecular complexity index is 884. The number of rotatable bonds is 13. The normalized spacial score (nSPS) is 11.7. The predicted molar refractivity (Wildman–Crippen MR) is 117 cm³/mol. The minimum absolute atomic E-state index is 0.0140. The topological polar surface area (TPSA) is 131 Å². The van der Waals surface area contributed by atoms with E-state index in [1.165, 1.54) is 17.0 Å². The fourth-order valence-corrected chi connectivity index (χ4v) is 3.40. The molecule has 0 aliphatic heterocycles. The van der Waals surface area contributed by atoms with Gasteiger partial charge in [0.05, 0.1) is 13.0 Å². The summed E-state index contributed by atoms with van der Waals surface area (Å²) in [6, 6.07) is 6.17. The van der Waals surface area contributed by atoms with Gasteiger partial charge in [0.15, 0.2) is 0 Å². The molecule has 0 fully saturated rings. The van der Waals surface area contributed by atoms with Crippen LogP contribution < -0.4 is 10.2 Å². The number of amides is 1. The lowest BCUT2D eigenvalue weighted by Crippen LogP contribution is -2.42. The Morgan fingerprint density at radius 2 is 1.87 bits per heavy atom. The molecule has 0 spiro atoms. The molecule has 0 aliphatic carbocycles. The average molecular weight is 472 g/mol. The summed E-state index contributed by atoms with van der Waals surface area (Å²) in [5, 5.41) is 22.8. The van der Waals surface area contributed by atoms with Crippen LogP contribution in [-0.2, 0) is 22.6 Å². The highest BCUT2D eigenvalue weighted by molar-refractivity contribution is 6.18. The van der Waals surface area contributed by atoms with E-state index in [1.807, 2.05) is 17.0 Å². The predicted octanol–water partition coefficient (Wildman–Crippen LogP) is 2.28. The van der Waals surface area contributed by atoms with Crippen molar-refractivity contribution in [3.05, 3.63) is 52.3 Å². The van der Waals surface area contributed by atoms with Crippen molar-refractivity contribution in [1.82, 2.24) is 14.9 Å². The minimum atomic E-state index is -1.17. The number of nitrogens with one attached hydrogen (secondary N) is 1. The highest BCUT2D eigenvalue weighted by Gasteiger charge is 2.22. The molecule has 10 nitrogen and oxygen atoms in total. The Balaban J connectivity index is 1.96. The number of carboxylic acid groups (broad SMARTS) is 1. The van der Waals surface area contributed by atoms with Gasteiger partial charge >= 0.3 is 11.9 Å². The van der Waals surface area contributed by atoms with E-state index < -0.39 is 22.8 Å². The van der Waals surface area contributed by atoms with E-state index in [4.69, 9.17) is 23.2 Å². The van der Waals surface area contributed by atoms with E-state index in [-0.39, 0.29) is 25.3 Å². The van der Waals surface area contributed by atoms with Crippen molar-refractivity contribution < 1.29 is 19.6 Å². The second kappa shape index (κ2) is 12.1. The molecule has 1 unspecified atom stereocenters. The van der Waals surface area contributed by atoms with Crippen LogP contribution in [0.1, 0.15) is 12.0 Å². The summed E-state index contributed by atoms with van der Waals surface area (Å²) in [5.41, 5.74) is 1.65. The molecular formula is C19H23Cl2N5O5. The molecule has 1 atom stereocenters. The number of nitro groups is 1. The van der Waals surface area contributed by atoms with Gasteiger partial charge in [0.1, 0.15) is 18.4 Å². The largest absolute Gasteiger partial charge is 0.480 e. The highest BCUT2D eigenvalue weighted by atomic mass is 35.5. The van der Waals surface area contributed by atoms with E-state index in [2.05, 4.69) is 10.3 Å². The Kier molecular flexibility index (Phi) is 9.54. The molecule has 31 heavy (non-hydrogen) atoms. The molecule has 1 heterocycles. The molecule has 0 bridgehead atoms. The second-order valence-corrected chi connectivity index (χ2v) is 7.38. The van der Waals surface area contributed by atoms with Gasteiger partial charge in [-0.05, 0) is 22.6 Å². The van der Waals surface area contributed by atoms with Crippen molar-refractivity contribution in [3.8, 4) is 0 Å². The van der Waals surface area contributed by atoms with Gasteiger partial charge in [-0.2, -0.15) is 0 Å². The number of hydrogen-bond donors (Lipinski definition) is 2. The lowest BCUT2D eigenvalue weighted by molar-refractivity contribution is -0.396. The third kappa shape index (κ3) is 7.41. The van der Waals surface area contributed by atoms with Gasteiger partial charge in [-0.15, -0.1) is 23.2 Å². The van der Waals surface area contributed by atoms with Gasteiger partial charge in [0.25, 0.3) is 0 Å². The van der Waals surface area contributed by atoms with E-state index in [0.29, 0.717) is 24.8 Å². The molecule has 1 aromatic heterocycles. The summed E-state index contributed by atoms with van der Waals surface area (Å²) < 4.78 is 1.22. The first-order chi connectivity index (χ1) is 14.8. The lowest BCUT2D eigenvalue weighted by Gasteiger charge is -2.23. The van der Waals surface area contributed by atoms with Gasteiger partial charge in [-0.3, -0.25) is 4.79 Å². The summed E-state index contributed by atoms with van der Waals surface area (Å²) >= 11 is 11.6. The van der Waals surface area contributed by atoms with Gasteiger partial charge in [-0.1, -0.05) is 17.1 Å². The number of benzene rings is 1. The van der Waals surface area contributed by atoms with Crippen LogP contribution in [0.5, 0.6) is 0 Å². The number of imidazole rings is 1. The molecule has 0 saturated heterocycles. The minimum Gasteiger partial charge on any atom is -0.480 e. The quantitative estimate of drug-likeness (QED) is 0.260. The van der Waals surface area contributed by atoms with Gasteiger partial charge in [0, 0.05) is 37.0 Å². The fraction of sp³-hybridized carbons (Fsp3) is 0.421. The second-order valence-electron chi connectivity index (χ2n) is 6.62. The smallest absolute Gasteiger partial charge is 0.434 e. The number of hydrogen-bond acceptors (Lipinski definition) is 6. The zero-order chi connectivity index (χ0) is 22.8. The van der Waals surface area contributed by atoms with E-state index >= 15 is 0 Å². The summed E-state index contributed by atoms with van der Waals surface area (Å²) in [6.45, 7) is 1.28. The van der Waals surface area contributed by atoms with Crippen molar-refractivity contribution in [1.29, 1.82) is 0 Å². The number of aryl methyl sites for hydroxylation is 1. The zero-order valence-corrected chi connectivity index (χ0v) is 18.1. The van der Waals surface area contributed by atoms with Crippen LogP contribution in [0.2, 0.25) is 0 Å². The number of halogens is 2. The van der Waals surface area contributed by atoms with Crippen LogP contribution in [0, 0.1) is 10.1 Å². The number of carbonyl (C=O) groups is 2. The summed E-state index contributed by atoms with van der Waals surface area (Å²) in [7, 11) is 0. The van der Waals surface area contributed by atoms with Crippen LogP contribution in [0.15, 0.2) is 36.7 Å². The van der Waals surface area contributed by atoms with Gasteiger partial charge in [-0.25, -0.2) is 9.36 Å². The summed E-state index contributed by atoms with van der Waals surface area (Å²) in [4.78, 5) is 39.6. The molecule has 0 aliphatic rings. The molecule has 1 amide bonds. The molecule has 168 valence electrons. The first-order valence-electron chi connectivity index (χ1n) is 9.49. The maximum atomic E-state index is 12.2. The van der Waals surface area contributed by atoms with Crippen LogP contribution in [-0.4, -0.2) is 62.3 Å². The SMILES string of the molecule is O=C(CCn1ccnc1[N+](=O)[O-])NC(Cc1ccc(N(CCCl)CCCl)cc1)C(=O)O. The van der Waals surface area contributed by atoms with Gasteiger partial charge < -0.3 is 25.4 Å². The third-order valence-electron chi connectivity index (χ3n) is 4.52. The maximum Gasteiger partial charge on any atom is 0.434 e. The molecule has 0 saturated carbocycles. The zero-order valence-electron chi connectivity index (χ0n) is 16.6. The standard InChI is InChI=1S/C19H23Cl2N5O5/c20-6-10-24(11-7-21)15-3-1-14(2-4-15)13-16(18(28)29)23-17(27)5-9-25-12-8-22-19(25)26(30)31/h1-4,8,12,16H,5-7,9-11,13H2,(H,23,27)(H,28,29). The van der Waals surface area contributed by atoms with Crippen LogP contribution in [0.3, 0.4) is 0 Å². The number of alkyl halides is 2. The molecule has 2 rings (SSSR count). The Labute approximate surface area is 188 Å². The maximum absolute atomic E-state index is 12.2. The molecule has 12 heteroatoms. The van der Waals surface area contributed by atoms with Crippen molar-refractivity contribution in [2.45, 2.75) is 25.4 Å². The summed E-state index contributed by atoms with van der Waals surface area (Å²) in [6.07, 6.45) is 2.63. The number of carbonyl (C=O) groups excluding carboxylic acids is 1. The first kappa shape index (κ1) is 24.4. The van der Waals surface area contributed by atoms with Crippen LogP contribution >= 0.6 is 23.2 Å². The van der Waals surface area contributed by atoms with Gasteiger partial charge in [0.2, 0.25) is 5.91 Å². The fourth-order valence-electron chi connectivity index (χ4n) is 2.99. The monoisotopic (exact) mass is 471 g/mol. The summed E-state index contributed by atoms with van der Waals surface area (Å²) in [5.74, 6) is -1.17. The first-order valence-corrected chi connectivity index (χ1v) is 10.6. The molecule has 2 N–H and O–H groups in total. The van der Waals surface area contributed by atoms with Crippen LogP contribution in [0.4, 0.5) is 11.6 Å². The van der Waals surface area contributed by atoms with Crippen molar-refractivity contribution in [3.63, 3.8) is 0 Å². The van der Waals surface area contributed by atoms with Crippen molar-refractivity contribution in [2.75, 3.05) is 29.7 Å². The number of carboxylic acids is 1. The molecule has 1 aromatic carbocycles. The van der Waals surface area contributed by atoms with E-state index in [1.54, 1.807) is 12.1 Å². The number of nitrogens with zero attached hydrogens (tertiary/aromatic N) is 4. The van der Waals surface area contributed by atoms with Crippen molar-refractivity contribution >= 4 is 46.7 Å². The Morgan fingerprint density at radius 1 is 1.23 bits per heavy atom. The average Bonchev–Trinajstić information content (AvgIpc) is 3.21. The van der Waals surface area contributed by atoms with Crippen LogP contribution in [0.25, 0.3) is 0 Å². The van der Waals surface area contributed by atoms with E-state index in [9.17, 15) is 24.8 Å². The number of aliphatic carboxylic acids is 1. The Morgan fingerprint density at radius 3 is 2.42 bits per heavy atom. The number of anilines is 1. The molecule has 2 aromatic rings. The highest BCUT2D eigenvalue weighted by Crippen LogP contribution is 2.17. The van der Waals surface area contributed by atoms with Crippen molar-refractivity contribution in [2.24, 2.45) is 0 Å². The van der Waals surface area contributed by atoms with E-state index in [0.717, 1.165) is 11.3 Å². The Hall–Kier alpha value is -2.85. The molecule has 0 radical (unpaired) electrons.